The van der Waals surface area contributed by atoms with E-state index >= 15 is 0 Å². The minimum absolute atomic E-state index is 0.154. The summed E-state index contributed by atoms with van der Waals surface area (Å²) >= 11 is 0. The Hall–Kier alpha value is -4.04. The molecule has 0 radical (unpaired) electrons. The zero-order valence-electron chi connectivity index (χ0n) is 25.1. The van der Waals surface area contributed by atoms with E-state index in [1.54, 1.807) is 81.6 Å². The molecule has 1 saturated heterocycles. The predicted molar refractivity (Wildman–Crippen MR) is 174 cm³/mol. The van der Waals surface area contributed by atoms with Crippen LogP contribution in [0.2, 0.25) is 0 Å². The van der Waals surface area contributed by atoms with Crippen molar-refractivity contribution in [2.24, 2.45) is 0 Å². The third-order valence-corrected chi connectivity index (χ3v) is 10.6. The van der Waals surface area contributed by atoms with Gasteiger partial charge in [0.2, 0.25) is 26.0 Å². The largest absolute Gasteiger partial charge is 0.369 e. The fourth-order valence-corrected chi connectivity index (χ4v) is 7.69. The van der Waals surface area contributed by atoms with Crippen molar-refractivity contribution in [3.05, 3.63) is 90.6 Å². The van der Waals surface area contributed by atoms with Gasteiger partial charge >= 0.3 is 0 Å². The van der Waals surface area contributed by atoms with Gasteiger partial charge in [-0.25, -0.2) is 26.5 Å². The molecular formula is C31H37N7O4S2. The number of rotatable bonds is 9. The predicted octanol–water partition coefficient (Wildman–Crippen LogP) is 4.86. The van der Waals surface area contributed by atoms with E-state index in [1.165, 1.54) is 4.31 Å². The van der Waals surface area contributed by atoms with Crippen molar-refractivity contribution in [3.8, 4) is 0 Å². The zero-order valence-corrected chi connectivity index (χ0v) is 26.8. The number of piperazine rings is 1. The first-order valence-corrected chi connectivity index (χ1v) is 17.1. The molecule has 3 N–H and O–H groups in total. The zero-order chi connectivity index (χ0) is 31.5. The summed E-state index contributed by atoms with van der Waals surface area (Å²) in [5.41, 5.74) is 2.55. The summed E-state index contributed by atoms with van der Waals surface area (Å²) in [5.74, 6) is 0.921. The molecule has 11 nitrogen and oxygen atoms in total. The highest BCUT2D eigenvalue weighted by molar-refractivity contribution is 7.89. The quantitative estimate of drug-likeness (QED) is 0.236. The third-order valence-electron chi connectivity index (χ3n) is 6.93. The van der Waals surface area contributed by atoms with E-state index in [-0.39, 0.29) is 4.90 Å². The van der Waals surface area contributed by atoms with Gasteiger partial charge in [-0.1, -0.05) is 24.3 Å². The molecule has 0 bridgehead atoms. The monoisotopic (exact) mass is 635 g/mol. The summed E-state index contributed by atoms with van der Waals surface area (Å²) < 4.78 is 55.7. The maximum atomic E-state index is 13.0. The molecule has 4 aromatic rings. The molecule has 0 aliphatic carbocycles. The summed E-state index contributed by atoms with van der Waals surface area (Å²) in [6.45, 7) is 9.24. The first-order valence-electron chi connectivity index (χ1n) is 14.2. The highest BCUT2D eigenvalue weighted by Crippen LogP contribution is 2.26. The molecule has 1 aliphatic heterocycles. The molecule has 1 fully saturated rings. The van der Waals surface area contributed by atoms with Gasteiger partial charge in [0, 0.05) is 60.5 Å². The molecule has 0 saturated carbocycles. The number of aromatic nitrogens is 2. The molecule has 44 heavy (non-hydrogen) atoms. The van der Waals surface area contributed by atoms with E-state index in [0.29, 0.717) is 48.5 Å². The van der Waals surface area contributed by atoms with Crippen LogP contribution in [0.5, 0.6) is 0 Å². The van der Waals surface area contributed by atoms with Crippen LogP contribution in [0.25, 0.3) is 0 Å². The summed E-state index contributed by atoms with van der Waals surface area (Å²) in [7, 11) is -7.20. The molecule has 13 heteroatoms. The Bertz CT molecular complexity index is 1820. The number of nitrogens with one attached hydrogen (secondary N) is 3. The molecule has 0 spiro atoms. The maximum absolute atomic E-state index is 13.0. The van der Waals surface area contributed by atoms with Gasteiger partial charge in [0.25, 0.3) is 0 Å². The van der Waals surface area contributed by atoms with Gasteiger partial charge < -0.3 is 15.5 Å². The van der Waals surface area contributed by atoms with Crippen LogP contribution in [0.3, 0.4) is 0 Å². The van der Waals surface area contributed by atoms with Crippen LogP contribution in [-0.2, 0) is 20.0 Å². The Kier molecular flexibility index (Phi) is 8.93. The Labute approximate surface area is 259 Å². The minimum Gasteiger partial charge on any atom is -0.369 e. The average molecular weight is 636 g/mol. The van der Waals surface area contributed by atoms with Crippen molar-refractivity contribution in [2.75, 3.05) is 41.7 Å². The van der Waals surface area contributed by atoms with Crippen molar-refractivity contribution in [2.45, 2.75) is 43.0 Å². The second-order valence-corrected chi connectivity index (χ2v) is 15.2. The second kappa shape index (κ2) is 12.5. The lowest BCUT2D eigenvalue weighted by Crippen LogP contribution is -2.48. The molecule has 1 aromatic heterocycles. The number of aryl methyl sites for hydroxylation is 1. The Morgan fingerprint density at radius 3 is 2.07 bits per heavy atom. The Balaban J connectivity index is 1.22. The molecule has 5 rings (SSSR count). The average Bonchev–Trinajstić information content (AvgIpc) is 2.99. The van der Waals surface area contributed by atoms with Crippen LogP contribution < -0.4 is 20.3 Å². The van der Waals surface area contributed by atoms with Crippen LogP contribution in [0.1, 0.15) is 26.3 Å². The van der Waals surface area contributed by atoms with Crippen molar-refractivity contribution >= 4 is 48.9 Å². The molecular weight excluding hydrogens is 599 g/mol. The van der Waals surface area contributed by atoms with E-state index in [1.807, 2.05) is 31.2 Å². The summed E-state index contributed by atoms with van der Waals surface area (Å²) in [6, 6.07) is 22.9. The first-order chi connectivity index (χ1) is 20.8. The fourth-order valence-electron chi connectivity index (χ4n) is 4.78. The number of benzene rings is 3. The van der Waals surface area contributed by atoms with Crippen LogP contribution in [-0.4, -0.2) is 62.8 Å². The Morgan fingerprint density at radius 2 is 1.41 bits per heavy atom. The van der Waals surface area contributed by atoms with E-state index < -0.39 is 25.6 Å². The fraction of sp³-hybridized carbons (Fsp3) is 0.290. The number of hydrogen-bond acceptors (Lipinski definition) is 9. The Morgan fingerprint density at radius 1 is 0.750 bits per heavy atom. The number of anilines is 5. The van der Waals surface area contributed by atoms with Crippen LogP contribution in [0, 0.1) is 6.92 Å². The van der Waals surface area contributed by atoms with Gasteiger partial charge in [0.1, 0.15) is 5.82 Å². The van der Waals surface area contributed by atoms with Crippen molar-refractivity contribution in [1.29, 1.82) is 0 Å². The maximum Gasteiger partial charge on any atom is 0.243 e. The van der Waals surface area contributed by atoms with E-state index in [9.17, 15) is 16.8 Å². The minimum atomic E-state index is -3.69. The summed E-state index contributed by atoms with van der Waals surface area (Å²) in [5, 5.41) is 6.43. The third kappa shape index (κ3) is 7.53. The van der Waals surface area contributed by atoms with Crippen molar-refractivity contribution in [1.82, 2.24) is 19.0 Å². The van der Waals surface area contributed by atoms with Crippen molar-refractivity contribution < 1.29 is 16.8 Å². The molecule has 232 valence electrons. The smallest absolute Gasteiger partial charge is 0.243 e. The number of hydrogen-bond donors (Lipinski definition) is 3. The van der Waals surface area contributed by atoms with Gasteiger partial charge in [-0.15, -0.1) is 0 Å². The SMILES string of the molecule is Cc1cnc(Nc2ccc(N3CCN(S(=O)(=O)c4ccccc4)CC3)cc2)nc1Nc1cccc(S(=O)(=O)NC(C)(C)C)c1. The van der Waals surface area contributed by atoms with Gasteiger partial charge in [-0.3, -0.25) is 0 Å². The van der Waals surface area contributed by atoms with Gasteiger partial charge in [-0.05, 0) is 82.3 Å². The standard InChI is InChI=1S/C31H37N7O4S2/c1-23-22-32-30(35-29(23)33-25-9-8-12-28(21-25)43(39,40)36-31(2,3)4)34-24-13-15-26(16-14-24)37-17-19-38(20-18-37)44(41,42)27-10-6-5-7-11-27/h5-16,21-22,36H,17-20H2,1-4H3,(H2,32,33,34,35). The normalized spacial score (nSPS) is 14.8. The first kappa shape index (κ1) is 31.4. The lowest BCUT2D eigenvalue weighted by atomic mass is 10.1. The highest BCUT2D eigenvalue weighted by Gasteiger charge is 2.28. The molecule has 1 aliphatic rings. The lowest BCUT2D eigenvalue weighted by Gasteiger charge is -2.35. The van der Waals surface area contributed by atoms with Gasteiger partial charge in [0.05, 0.1) is 9.79 Å². The lowest BCUT2D eigenvalue weighted by molar-refractivity contribution is 0.385. The van der Waals surface area contributed by atoms with Crippen LogP contribution in [0.15, 0.2) is 94.9 Å². The number of sulfonamides is 2. The van der Waals surface area contributed by atoms with Crippen molar-refractivity contribution in [3.63, 3.8) is 0 Å². The highest BCUT2D eigenvalue weighted by atomic mass is 32.2. The molecule has 0 atom stereocenters. The second-order valence-electron chi connectivity index (χ2n) is 11.6. The van der Waals surface area contributed by atoms with Crippen LogP contribution >= 0.6 is 0 Å². The molecule has 0 unspecified atom stereocenters. The summed E-state index contributed by atoms with van der Waals surface area (Å²) in [4.78, 5) is 11.6. The summed E-state index contributed by atoms with van der Waals surface area (Å²) in [6.07, 6.45) is 1.69. The van der Waals surface area contributed by atoms with E-state index in [4.69, 9.17) is 0 Å². The number of nitrogens with zero attached hydrogens (tertiary/aromatic N) is 4. The van der Waals surface area contributed by atoms with Gasteiger partial charge in [0.15, 0.2) is 0 Å². The van der Waals surface area contributed by atoms with Crippen LogP contribution in [0.4, 0.5) is 28.8 Å². The molecule has 3 aromatic carbocycles. The van der Waals surface area contributed by atoms with E-state index in [2.05, 4.69) is 30.2 Å². The topological polar surface area (TPSA) is 137 Å². The molecule has 0 amide bonds. The molecule has 2 heterocycles. The van der Waals surface area contributed by atoms with Gasteiger partial charge in [-0.2, -0.15) is 9.29 Å². The van der Waals surface area contributed by atoms with E-state index in [0.717, 1.165) is 16.9 Å².